The highest BCUT2D eigenvalue weighted by Crippen LogP contribution is 2.17. The van der Waals surface area contributed by atoms with E-state index in [2.05, 4.69) is 106 Å². The molecule has 0 N–H and O–H groups in total. The molecule has 0 spiro atoms. The number of esters is 3. The average molecular weight is 1070 g/mol. The van der Waals surface area contributed by atoms with Crippen molar-refractivity contribution >= 4 is 17.9 Å². The van der Waals surface area contributed by atoms with Crippen LogP contribution in [-0.2, 0) is 28.6 Å². The smallest absolute Gasteiger partial charge is 0.306 e. The number of ether oxygens (including phenoxy) is 3. The zero-order chi connectivity index (χ0) is 55.7. The topological polar surface area (TPSA) is 78.9 Å². The molecule has 1 atom stereocenters. The summed E-state index contributed by atoms with van der Waals surface area (Å²) in [6.07, 6.45) is 86.1. The van der Waals surface area contributed by atoms with Gasteiger partial charge in [0.15, 0.2) is 6.10 Å². The van der Waals surface area contributed by atoms with Crippen molar-refractivity contribution in [3.8, 4) is 0 Å². The fourth-order valence-electron chi connectivity index (χ4n) is 9.48. The van der Waals surface area contributed by atoms with Crippen molar-refractivity contribution in [1.29, 1.82) is 0 Å². The van der Waals surface area contributed by atoms with Crippen LogP contribution < -0.4 is 0 Å². The van der Waals surface area contributed by atoms with E-state index in [0.717, 1.165) is 103 Å². The van der Waals surface area contributed by atoms with Gasteiger partial charge in [-0.1, -0.05) is 318 Å². The van der Waals surface area contributed by atoms with E-state index in [4.69, 9.17) is 14.2 Å². The number of carbonyl (C=O) groups is 3. The minimum Gasteiger partial charge on any atom is -0.462 e. The minimum atomic E-state index is -0.772. The zero-order valence-corrected chi connectivity index (χ0v) is 51.0. The largest absolute Gasteiger partial charge is 0.462 e. The highest BCUT2D eigenvalue weighted by atomic mass is 16.6. The van der Waals surface area contributed by atoms with E-state index >= 15 is 0 Å². The number of hydrogen-bond donors (Lipinski definition) is 0. The summed E-state index contributed by atoms with van der Waals surface area (Å²) in [4.78, 5) is 38.1. The van der Waals surface area contributed by atoms with Gasteiger partial charge in [0.1, 0.15) is 13.2 Å². The maximum absolute atomic E-state index is 12.9. The van der Waals surface area contributed by atoms with Crippen LogP contribution in [0, 0.1) is 0 Å². The normalized spacial score (nSPS) is 12.6. The lowest BCUT2D eigenvalue weighted by Gasteiger charge is -2.18. The fourth-order valence-corrected chi connectivity index (χ4v) is 9.48. The monoisotopic (exact) mass is 1070 g/mol. The molecule has 444 valence electrons. The zero-order valence-electron chi connectivity index (χ0n) is 51.0. The molecular formula is C71H124O6. The van der Waals surface area contributed by atoms with Crippen molar-refractivity contribution in [2.24, 2.45) is 0 Å². The Kier molecular flexibility index (Phi) is 62.2. The summed E-state index contributed by atoms with van der Waals surface area (Å²) >= 11 is 0. The van der Waals surface area contributed by atoms with E-state index in [0.29, 0.717) is 19.3 Å². The number of hydrogen-bond acceptors (Lipinski definition) is 6. The molecule has 0 bridgehead atoms. The lowest BCUT2D eigenvalue weighted by atomic mass is 10.0. The lowest BCUT2D eigenvalue weighted by Crippen LogP contribution is -2.30. The van der Waals surface area contributed by atoms with E-state index in [-0.39, 0.29) is 31.1 Å². The number of unbranched alkanes of at least 4 members (excludes halogenated alkanes) is 35. The molecule has 6 heteroatoms. The van der Waals surface area contributed by atoms with Gasteiger partial charge in [0.25, 0.3) is 0 Å². The molecule has 0 radical (unpaired) electrons. The summed E-state index contributed by atoms with van der Waals surface area (Å²) in [7, 11) is 0. The summed E-state index contributed by atoms with van der Waals surface area (Å²) in [6.45, 7) is 6.53. The van der Waals surface area contributed by atoms with Gasteiger partial charge in [-0.3, -0.25) is 14.4 Å². The molecule has 0 aliphatic rings. The maximum Gasteiger partial charge on any atom is 0.306 e. The van der Waals surface area contributed by atoms with Crippen LogP contribution >= 0.6 is 0 Å². The third kappa shape index (κ3) is 63.3. The van der Waals surface area contributed by atoms with Gasteiger partial charge < -0.3 is 14.2 Å². The van der Waals surface area contributed by atoms with Gasteiger partial charge in [-0.25, -0.2) is 0 Å². The molecule has 0 amide bonds. The molecule has 0 aromatic heterocycles. The van der Waals surface area contributed by atoms with Gasteiger partial charge in [0.05, 0.1) is 0 Å². The van der Waals surface area contributed by atoms with E-state index in [1.807, 2.05) is 0 Å². The van der Waals surface area contributed by atoms with Gasteiger partial charge in [-0.15, -0.1) is 0 Å². The van der Waals surface area contributed by atoms with Crippen LogP contribution in [0.3, 0.4) is 0 Å². The van der Waals surface area contributed by atoms with E-state index in [1.165, 1.54) is 186 Å². The van der Waals surface area contributed by atoms with Crippen LogP contribution in [0.1, 0.15) is 329 Å². The first-order valence-corrected chi connectivity index (χ1v) is 33.1. The molecule has 0 saturated heterocycles. The first-order valence-electron chi connectivity index (χ1n) is 33.1. The standard InChI is InChI=1S/C71H124O6/c1-4-7-10-13-16-19-21-23-25-27-29-30-31-32-33-34-35-36-37-38-39-40-41-42-43-45-46-48-50-52-55-58-61-64-70(73)76-67-68(66-75-69(72)63-60-57-54-18-15-12-9-6-3)77-71(74)65-62-59-56-53-51-49-47-44-28-26-24-22-20-17-14-11-8-5-2/h7,10,16,19,23,25,29-30,32-33,35-36,38-39,68H,4-6,8-9,11-15,17-18,20-22,24,26-28,31,34,37,40-67H2,1-3H3/b10-7-,19-16-,25-23-,30-29-,33-32-,36-35-,39-38-. The van der Waals surface area contributed by atoms with Gasteiger partial charge in [0.2, 0.25) is 0 Å². The molecule has 6 nitrogen and oxygen atoms in total. The SMILES string of the molecule is CC/C=C\C/C=C\C/C=C\C/C=C\C/C=C\C/C=C\C/C=C\CCCCCCCCCCCCCC(=O)OCC(COC(=O)CCCCCCCCCC)OC(=O)CCCCCCCCCCCCCCCCCCCC. The predicted molar refractivity (Wildman–Crippen MR) is 334 cm³/mol. The van der Waals surface area contributed by atoms with Crippen molar-refractivity contribution in [3.05, 3.63) is 85.1 Å². The number of carbonyl (C=O) groups excluding carboxylic acids is 3. The Hall–Kier alpha value is -3.41. The van der Waals surface area contributed by atoms with Crippen molar-refractivity contribution in [1.82, 2.24) is 0 Å². The summed E-state index contributed by atoms with van der Waals surface area (Å²) < 4.78 is 16.9. The summed E-state index contributed by atoms with van der Waals surface area (Å²) in [5, 5.41) is 0. The third-order valence-corrected chi connectivity index (χ3v) is 14.4. The Morgan fingerprint density at radius 1 is 0.273 bits per heavy atom. The second-order valence-electron chi connectivity index (χ2n) is 22.0. The van der Waals surface area contributed by atoms with Crippen LogP contribution in [0.2, 0.25) is 0 Å². The summed E-state index contributed by atoms with van der Waals surface area (Å²) in [6, 6.07) is 0. The molecule has 0 rings (SSSR count). The Bertz CT molecular complexity index is 1470. The van der Waals surface area contributed by atoms with Crippen LogP contribution in [-0.4, -0.2) is 37.2 Å². The highest BCUT2D eigenvalue weighted by Gasteiger charge is 2.19. The Balaban J connectivity index is 4.11. The molecule has 0 aliphatic heterocycles. The Morgan fingerprint density at radius 2 is 0.506 bits per heavy atom. The molecule has 0 fully saturated rings. The maximum atomic E-state index is 12.9. The highest BCUT2D eigenvalue weighted by molar-refractivity contribution is 5.71. The summed E-state index contributed by atoms with van der Waals surface area (Å²) in [5.41, 5.74) is 0. The van der Waals surface area contributed by atoms with Crippen LogP contribution in [0.5, 0.6) is 0 Å². The lowest BCUT2D eigenvalue weighted by molar-refractivity contribution is -0.167. The van der Waals surface area contributed by atoms with Gasteiger partial charge in [0, 0.05) is 19.3 Å². The van der Waals surface area contributed by atoms with Crippen LogP contribution in [0.4, 0.5) is 0 Å². The van der Waals surface area contributed by atoms with Gasteiger partial charge >= 0.3 is 17.9 Å². The molecule has 1 unspecified atom stereocenters. The second-order valence-corrected chi connectivity index (χ2v) is 22.0. The van der Waals surface area contributed by atoms with Crippen LogP contribution in [0.25, 0.3) is 0 Å². The molecule has 0 aromatic carbocycles. The number of rotatable bonds is 60. The first-order chi connectivity index (χ1) is 38.0. The first kappa shape index (κ1) is 73.6. The van der Waals surface area contributed by atoms with E-state index in [9.17, 15) is 14.4 Å². The van der Waals surface area contributed by atoms with Crippen molar-refractivity contribution in [3.63, 3.8) is 0 Å². The molecule has 0 aliphatic carbocycles. The van der Waals surface area contributed by atoms with Crippen molar-refractivity contribution in [2.75, 3.05) is 13.2 Å². The fraction of sp³-hybridized carbons (Fsp3) is 0.761. The average Bonchev–Trinajstić information content (AvgIpc) is 3.43. The predicted octanol–water partition coefficient (Wildman–Crippen LogP) is 22.7. The Morgan fingerprint density at radius 3 is 0.792 bits per heavy atom. The molecular weight excluding hydrogens is 949 g/mol. The minimum absolute atomic E-state index is 0.0718. The van der Waals surface area contributed by atoms with E-state index in [1.54, 1.807) is 0 Å². The molecule has 0 heterocycles. The molecule has 77 heavy (non-hydrogen) atoms. The van der Waals surface area contributed by atoms with Crippen molar-refractivity contribution < 1.29 is 28.6 Å². The third-order valence-electron chi connectivity index (χ3n) is 14.4. The molecule has 0 saturated carbocycles. The summed E-state index contributed by atoms with van der Waals surface area (Å²) in [5.74, 6) is -0.863. The molecule has 0 aromatic rings. The quantitative estimate of drug-likeness (QED) is 0.0261. The Labute approximate surface area is 477 Å². The van der Waals surface area contributed by atoms with Gasteiger partial charge in [-0.05, 0) is 77.0 Å². The van der Waals surface area contributed by atoms with Gasteiger partial charge in [-0.2, -0.15) is 0 Å². The van der Waals surface area contributed by atoms with Crippen LogP contribution in [0.15, 0.2) is 85.1 Å². The number of allylic oxidation sites excluding steroid dienone is 14. The van der Waals surface area contributed by atoms with Crippen molar-refractivity contribution in [2.45, 2.75) is 335 Å². The van der Waals surface area contributed by atoms with E-state index < -0.39 is 6.10 Å². The second kappa shape index (κ2) is 65.1.